The molecule has 1 saturated heterocycles. The minimum atomic E-state index is -0.536. The van der Waals surface area contributed by atoms with Gasteiger partial charge in [-0.05, 0) is 5.75 Å². The second kappa shape index (κ2) is 4.19. The van der Waals surface area contributed by atoms with Crippen LogP contribution in [0, 0.1) is 0 Å². The van der Waals surface area contributed by atoms with Gasteiger partial charge >= 0.3 is 0 Å². The van der Waals surface area contributed by atoms with Crippen molar-refractivity contribution in [1.29, 1.82) is 0 Å². The third-order valence-corrected chi connectivity index (χ3v) is 2.55. The van der Waals surface area contributed by atoms with E-state index in [1.54, 1.807) is 0 Å². The molecule has 0 N–H and O–H groups in total. The maximum atomic E-state index is 12.2. The van der Waals surface area contributed by atoms with Gasteiger partial charge in [0, 0.05) is 25.4 Å². The van der Waals surface area contributed by atoms with Crippen LogP contribution < -0.4 is 0 Å². The Morgan fingerprint density at radius 1 is 1.60 bits per heavy atom. The number of nitrogens with zero attached hydrogens (tertiary/aromatic N) is 1. The SMILES string of the molecule is CCSCCN1CC(F)C1. The molecule has 0 aromatic carbocycles. The standard InChI is InChI=1S/C7H14FNS/c1-2-10-4-3-9-5-7(8)6-9/h7H,2-6H2,1H3. The molecule has 0 radical (unpaired) electrons. The van der Waals surface area contributed by atoms with Crippen molar-refractivity contribution in [2.24, 2.45) is 0 Å². The smallest absolute Gasteiger partial charge is 0.125 e. The van der Waals surface area contributed by atoms with Crippen LogP contribution in [0.2, 0.25) is 0 Å². The Hall–Kier alpha value is 0.240. The monoisotopic (exact) mass is 163 g/mol. The van der Waals surface area contributed by atoms with E-state index in [-0.39, 0.29) is 0 Å². The minimum Gasteiger partial charge on any atom is -0.297 e. The van der Waals surface area contributed by atoms with Crippen molar-refractivity contribution in [3.8, 4) is 0 Å². The van der Waals surface area contributed by atoms with Crippen LogP contribution in [0.3, 0.4) is 0 Å². The van der Waals surface area contributed by atoms with Gasteiger partial charge in [0.05, 0.1) is 0 Å². The second-order valence-electron chi connectivity index (χ2n) is 2.55. The second-order valence-corrected chi connectivity index (χ2v) is 3.95. The zero-order valence-electron chi connectivity index (χ0n) is 6.35. The summed E-state index contributed by atoms with van der Waals surface area (Å²) in [5, 5.41) is 0. The van der Waals surface area contributed by atoms with E-state index in [1.807, 2.05) is 11.8 Å². The maximum Gasteiger partial charge on any atom is 0.125 e. The van der Waals surface area contributed by atoms with Crippen LogP contribution in [0.5, 0.6) is 0 Å². The molecule has 10 heavy (non-hydrogen) atoms. The molecule has 0 aromatic heterocycles. The molecule has 0 amide bonds. The van der Waals surface area contributed by atoms with Gasteiger partial charge in [-0.1, -0.05) is 6.92 Å². The quantitative estimate of drug-likeness (QED) is 0.576. The molecule has 1 fully saturated rings. The Labute approximate surface area is 66.0 Å². The van der Waals surface area contributed by atoms with Gasteiger partial charge in [-0.2, -0.15) is 11.8 Å². The fourth-order valence-electron chi connectivity index (χ4n) is 1.03. The zero-order valence-corrected chi connectivity index (χ0v) is 7.16. The summed E-state index contributed by atoms with van der Waals surface area (Å²) in [7, 11) is 0. The van der Waals surface area contributed by atoms with Gasteiger partial charge in [-0.15, -0.1) is 0 Å². The van der Waals surface area contributed by atoms with E-state index in [1.165, 1.54) is 5.75 Å². The van der Waals surface area contributed by atoms with Crippen LogP contribution in [0.15, 0.2) is 0 Å². The molecule has 0 saturated carbocycles. The summed E-state index contributed by atoms with van der Waals surface area (Å²) in [6, 6.07) is 0. The van der Waals surface area contributed by atoms with Crippen molar-refractivity contribution in [3.63, 3.8) is 0 Å². The largest absolute Gasteiger partial charge is 0.297 e. The highest BCUT2D eigenvalue weighted by Crippen LogP contribution is 2.11. The van der Waals surface area contributed by atoms with Gasteiger partial charge in [-0.3, -0.25) is 4.90 Å². The van der Waals surface area contributed by atoms with Crippen molar-refractivity contribution in [3.05, 3.63) is 0 Å². The van der Waals surface area contributed by atoms with E-state index in [9.17, 15) is 4.39 Å². The van der Waals surface area contributed by atoms with E-state index < -0.39 is 6.17 Å². The summed E-state index contributed by atoms with van der Waals surface area (Å²) < 4.78 is 12.2. The van der Waals surface area contributed by atoms with E-state index in [2.05, 4.69) is 11.8 Å². The Morgan fingerprint density at radius 2 is 2.30 bits per heavy atom. The average Bonchev–Trinajstić information content (AvgIpc) is 1.85. The normalized spacial score (nSPS) is 21.0. The molecular formula is C7H14FNS. The molecule has 1 nitrogen and oxygen atoms in total. The molecule has 0 unspecified atom stereocenters. The van der Waals surface area contributed by atoms with Gasteiger partial charge in [0.2, 0.25) is 0 Å². The molecule has 3 heteroatoms. The number of thioether (sulfide) groups is 1. The van der Waals surface area contributed by atoms with E-state index in [0.717, 1.165) is 12.3 Å². The molecule has 0 bridgehead atoms. The molecule has 1 rings (SSSR count). The summed E-state index contributed by atoms with van der Waals surface area (Å²) in [6.07, 6.45) is -0.536. The maximum absolute atomic E-state index is 12.2. The van der Waals surface area contributed by atoms with Crippen molar-refractivity contribution in [1.82, 2.24) is 4.90 Å². The molecule has 0 spiro atoms. The third kappa shape index (κ3) is 2.46. The van der Waals surface area contributed by atoms with Crippen molar-refractivity contribution >= 4 is 11.8 Å². The highest BCUT2D eigenvalue weighted by atomic mass is 32.2. The number of halogens is 1. The molecule has 1 aliphatic heterocycles. The lowest BCUT2D eigenvalue weighted by Crippen LogP contribution is -2.49. The van der Waals surface area contributed by atoms with Gasteiger partial charge in [0.15, 0.2) is 0 Å². The summed E-state index contributed by atoms with van der Waals surface area (Å²) in [5.41, 5.74) is 0. The number of hydrogen-bond donors (Lipinski definition) is 0. The number of likely N-dealkylation sites (tertiary alicyclic amines) is 1. The first-order chi connectivity index (χ1) is 4.83. The predicted molar refractivity (Wildman–Crippen MR) is 44.3 cm³/mol. The molecule has 0 atom stereocenters. The van der Waals surface area contributed by atoms with Crippen LogP contribution in [0.25, 0.3) is 0 Å². The Kier molecular flexibility index (Phi) is 3.49. The molecule has 60 valence electrons. The third-order valence-electron chi connectivity index (χ3n) is 1.67. The fraction of sp³-hybridized carbons (Fsp3) is 1.00. The molecule has 0 aliphatic carbocycles. The van der Waals surface area contributed by atoms with Crippen LogP contribution in [0.1, 0.15) is 6.92 Å². The summed E-state index contributed by atoms with van der Waals surface area (Å²) >= 11 is 1.92. The number of hydrogen-bond acceptors (Lipinski definition) is 2. The van der Waals surface area contributed by atoms with Crippen molar-refractivity contribution in [2.75, 3.05) is 31.1 Å². The Morgan fingerprint density at radius 3 is 2.80 bits per heavy atom. The first-order valence-electron chi connectivity index (χ1n) is 3.77. The highest BCUT2D eigenvalue weighted by molar-refractivity contribution is 7.99. The van der Waals surface area contributed by atoms with E-state index in [0.29, 0.717) is 13.1 Å². The summed E-state index contributed by atoms with van der Waals surface area (Å²) in [4.78, 5) is 2.16. The first kappa shape index (κ1) is 8.34. The van der Waals surface area contributed by atoms with Crippen LogP contribution in [0.4, 0.5) is 4.39 Å². The average molecular weight is 163 g/mol. The fourth-order valence-corrected chi connectivity index (χ4v) is 1.70. The first-order valence-corrected chi connectivity index (χ1v) is 4.92. The molecular weight excluding hydrogens is 149 g/mol. The lowest BCUT2D eigenvalue weighted by molar-refractivity contribution is 0.0722. The highest BCUT2D eigenvalue weighted by Gasteiger charge is 2.24. The summed E-state index contributed by atoms with van der Waals surface area (Å²) in [5.74, 6) is 2.33. The number of rotatable bonds is 4. The molecule has 1 aliphatic rings. The lowest BCUT2D eigenvalue weighted by atomic mass is 10.2. The van der Waals surface area contributed by atoms with Crippen molar-refractivity contribution < 1.29 is 4.39 Å². The van der Waals surface area contributed by atoms with Gasteiger partial charge in [0.25, 0.3) is 0 Å². The van der Waals surface area contributed by atoms with Gasteiger partial charge in [-0.25, -0.2) is 4.39 Å². The lowest BCUT2D eigenvalue weighted by Gasteiger charge is -2.33. The minimum absolute atomic E-state index is 0.536. The van der Waals surface area contributed by atoms with Gasteiger partial charge < -0.3 is 0 Å². The molecule has 1 heterocycles. The Bertz CT molecular complexity index is 93.6. The topological polar surface area (TPSA) is 3.24 Å². The van der Waals surface area contributed by atoms with Crippen LogP contribution in [-0.4, -0.2) is 42.2 Å². The predicted octanol–water partition coefficient (Wildman–Crippen LogP) is 1.39. The zero-order chi connectivity index (χ0) is 7.40. The van der Waals surface area contributed by atoms with Crippen LogP contribution in [-0.2, 0) is 0 Å². The molecule has 0 aromatic rings. The van der Waals surface area contributed by atoms with E-state index in [4.69, 9.17) is 0 Å². The van der Waals surface area contributed by atoms with E-state index >= 15 is 0 Å². The van der Waals surface area contributed by atoms with Gasteiger partial charge in [0.1, 0.15) is 6.17 Å². The van der Waals surface area contributed by atoms with Crippen LogP contribution >= 0.6 is 11.8 Å². The summed E-state index contributed by atoms with van der Waals surface area (Å²) in [6.45, 7) is 4.56. The number of alkyl halides is 1. The Balaban J connectivity index is 1.86. The van der Waals surface area contributed by atoms with Crippen molar-refractivity contribution in [2.45, 2.75) is 13.1 Å².